The van der Waals surface area contributed by atoms with Crippen LogP contribution in [0.2, 0.25) is 0 Å². The van der Waals surface area contributed by atoms with Crippen LogP contribution in [0.4, 0.5) is 0 Å². The van der Waals surface area contributed by atoms with Crippen LogP contribution in [-0.2, 0) is 6.42 Å². The number of halogens is 1. The van der Waals surface area contributed by atoms with E-state index in [2.05, 4.69) is 15.9 Å². The molecule has 0 saturated carbocycles. The smallest absolute Gasteiger partial charge is 0.261 e. The van der Waals surface area contributed by atoms with Crippen molar-refractivity contribution in [2.45, 2.75) is 6.42 Å². The van der Waals surface area contributed by atoms with E-state index in [0.717, 1.165) is 15.8 Å². The van der Waals surface area contributed by atoms with Gasteiger partial charge in [-0.2, -0.15) is 0 Å². The standard InChI is InChI=1S/C17H14BrNO3/c1-22-15-7-6-11(10-14(15)18)8-9-19-16(20)12-4-2-3-5-13(12)17(19)21/h2-7,10H,8-9H2,1H3. The molecule has 1 aliphatic rings. The molecule has 5 heteroatoms. The zero-order valence-corrected chi connectivity index (χ0v) is 13.6. The maximum Gasteiger partial charge on any atom is 0.261 e. The number of amides is 2. The summed E-state index contributed by atoms with van der Waals surface area (Å²) in [5, 5.41) is 0. The molecule has 0 spiro atoms. The van der Waals surface area contributed by atoms with Crippen molar-refractivity contribution in [3.8, 4) is 5.75 Å². The first-order chi connectivity index (χ1) is 10.6. The van der Waals surface area contributed by atoms with E-state index in [0.29, 0.717) is 24.1 Å². The summed E-state index contributed by atoms with van der Waals surface area (Å²) in [5.74, 6) is 0.325. The fraction of sp³-hybridized carbons (Fsp3) is 0.176. The molecule has 4 nitrogen and oxygen atoms in total. The maximum atomic E-state index is 12.3. The van der Waals surface area contributed by atoms with Gasteiger partial charge < -0.3 is 4.74 Å². The molecule has 22 heavy (non-hydrogen) atoms. The second-order valence-corrected chi connectivity index (χ2v) is 5.88. The van der Waals surface area contributed by atoms with Crippen molar-refractivity contribution in [3.05, 3.63) is 63.6 Å². The summed E-state index contributed by atoms with van der Waals surface area (Å²) in [6, 6.07) is 12.7. The lowest BCUT2D eigenvalue weighted by molar-refractivity contribution is 0.0656. The quantitative estimate of drug-likeness (QED) is 0.786. The van der Waals surface area contributed by atoms with Gasteiger partial charge in [0.2, 0.25) is 0 Å². The minimum Gasteiger partial charge on any atom is -0.496 e. The third-order valence-electron chi connectivity index (χ3n) is 3.72. The molecule has 2 aromatic rings. The number of benzene rings is 2. The number of rotatable bonds is 4. The van der Waals surface area contributed by atoms with Crippen LogP contribution in [0.25, 0.3) is 0 Å². The van der Waals surface area contributed by atoms with E-state index >= 15 is 0 Å². The van der Waals surface area contributed by atoms with E-state index in [1.807, 2.05) is 18.2 Å². The molecule has 0 atom stereocenters. The van der Waals surface area contributed by atoms with Gasteiger partial charge in [0, 0.05) is 6.54 Å². The normalized spacial score (nSPS) is 13.5. The molecule has 1 aliphatic heterocycles. The fourth-order valence-electron chi connectivity index (χ4n) is 2.55. The number of methoxy groups -OCH3 is 1. The number of imide groups is 1. The number of hydrogen-bond acceptors (Lipinski definition) is 3. The molecule has 0 aromatic heterocycles. The summed E-state index contributed by atoms with van der Waals surface area (Å²) in [5.41, 5.74) is 2.01. The Labute approximate surface area is 136 Å². The highest BCUT2D eigenvalue weighted by Crippen LogP contribution is 2.27. The molecule has 0 N–H and O–H groups in total. The molecular formula is C17H14BrNO3. The van der Waals surface area contributed by atoms with E-state index in [9.17, 15) is 9.59 Å². The zero-order chi connectivity index (χ0) is 15.7. The molecule has 2 amide bonds. The van der Waals surface area contributed by atoms with Crippen LogP contribution in [0.15, 0.2) is 46.9 Å². The third kappa shape index (κ3) is 2.52. The molecule has 0 unspecified atom stereocenters. The van der Waals surface area contributed by atoms with Crippen molar-refractivity contribution in [2.24, 2.45) is 0 Å². The Kier molecular flexibility index (Phi) is 3.98. The largest absolute Gasteiger partial charge is 0.496 e. The first-order valence-corrected chi connectivity index (χ1v) is 7.68. The van der Waals surface area contributed by atoms with Gasteiger partial charge in [0.05, 0.1) is 22.7 Å². The van der Waals surface area contributed by atoms with Crippen LogP contribution in [0.3, 0.4) is 0 Å². The summed E-state index contributed by atoms with van der Waals surface area (Å²) >= 11 is 3.44. The third-order valence-corrected chi connectivity index (χ3v) is 4.34. The molecule has 2 aromatic carbocycles. The van der Waals surface area contributed by atoms with Crippen molar-refractivity contribution in [3.63, 3.8) is 0 Å². The predicted molar refractivity (Wildman–Crippen MR) is 86.2 cm³/mol. The van der Waals surface area contributed by atoms with Crippen molar-refractivity contribution in [2.75, 3.05) is 13.7 Å². The average Bonchev–Trinajstić information content (AvgIpc) is 2.77. The first kappa shape index (κ1) is 14.8. The Morgan fingerprint density at radius 1 is 1.05 bits per heavy atom. The lowest BCUT2D eigenvalue weighted by atomic mass is 10.1. The van der Waals surface area contributed by atoms with E-state index in [4.69, 9.17) is 4.74 Å². The van der Waals surface area contributed by atoms with E-state index < -0.39 is 0 Å². The van der Waals surface area contributed by atoms with Gasteiger partial charge in [-0.1, -0.05) is 18.2 Å². The fourth-order valence-corrected chi connectivity index (χ4v) is 3.14. The van der Waals surface area contributed by atoms with Crippen LogP contribution in [0, 0.1) is 0 Å². The first-order valence-electron chi connectivity index (χ1n) is 6.89. The minimum absolute atomic E-state index is 0.215. The molecule has 0 radical (unpaired) electrons. The molecule has 0 fully saturated rings. The predicted octanol–water partition coefficient (Wildman–Crippen LogP) is 3.30. The number of carbonyl (C=O) groups excluding carboxylic acids is 2. The number of carbonyl (C=O) groups is 2. The minimum atomic E-state index is -0.215. The Hall–Kier alpha value is -2.14. The van der Waals surface area contributed by atoms with E-state index in [1.54, 1.807) is 31.4 Å². The maximum absolute atomic E-state index is 12.3. The molecule has 1 heterocycles. The van der Waals surface area contributed by atoms with Gasteiger partial charge >= 0.3 is 0 Å². The lowest BCUT2D eigenvalue weighted by Gasteiger charge is -2.14. The molecule has 0 aliphatic carbocycles. The molecule has 0 saturated heterocycles. The highest BCUT2D eigenvalue weighted by atomic mass is 79.9. The van der Waals surface area contributed by atoms with Crippen LogP contribution in [0.5, 0.6) is 5.75 Å². The summed E-state index contributed by atoms with van der Waals surface area (Å²) < 4.78 is 6.05. The Morgan fingerprint density at radius 3 is 2.23 bits per heavy atom. The summed E-state index contributed by atoms with van der Waals surface area (Å²) in [6.45, 7) is 0.366. The van der Waals surface area contributed by atoms with E-state index in [-0.39, 0.29) is 11.8 Å². The van der Waals surface area contributed by atoms with Crippen molar-refractivity contribution in [1.29, 1.82) is 0 Å². The van der Waals surface area contributed by atoms with Crippen molar-refractivity contribution < 1.29 is 14.3 Å². The lowest BCUT2D eigenvalue weighted by Crippen LogP contribution is -2.31. The van der Waals surface area contributed by atoms with Crippen LogP contribution in [-0.4, -0.2) is 30.4 Å². The molecule has 0 bridgehead atoms. The monoisotopic (exact) mass is 359 g/mol. The highest BCUT2D eigenvalue weighted by Gasteiger charge is 2.34. The number of hydrogen-bond donors (Lipinski definition) is 0. The summed E-state index contributed by atoms with van der Waals surface area (Å²) in [7, 11) is 1.61. The highest BCUT2D eigenvalue weighted by molar-refractivity contribution is 9.10. The van der Waals surface area contributed by atoms with E-state index in [1.165, 1.54) is 4.90 Å². The molecule has 112 valence electrons. The van der Waals surface area contributed by atoms with Gasteiger partial charge in [0.15, 0.2) is 0 Å². The second-order valence-electron chi connectivity index (χ2n) is 5.03. The van der Waals surface area contributed by atoms with Gasteiger partial charge in [-0.15, -0.1) is 0 Å². The van der Waals surface area contributed by atoms with Gasteiger partial charge in [-0.25, -0.2) is 0 Å². The summed E-state index contributed by atoms with van der Waals surface area (Å²) in [4.78, 5) is 25.9. The van der Waals surface area contributed by atoms with Gasteiger partial charge in [-0.05, 0) is 52.2 Å². The van der Waals surface area contributed by atoms with Crippen LogP contribution < -0.4 is 4.74 Å². The summed E-state index contributed by atoms with van der Waals surface area (Å²) in [6.07, 6.45) is 0.605. The van der Waals surface area contributed by atoms with Crippen LogP contribution >= 0.6 is 15.9 Å². The number of ether oxygens (including phenoxy) is 1. The van der Waals surface area contributed by atoms with Crippen molar-refractivity contribution in [1.82, 2.24) is 4.90 Å². The molecule has 3 rings (SSSR count). The SMILES string of the molecule is COc1ccc(CCN2C(=O)c3ccccc3C2=O)cc1Br. The Bertz CT molecular complexity index is 722. The van der Waals surface area contributed by atoms with Gasteiger partial charge in [0.25, 0.3) is 11.8 Å². The van der Waals surface area contributed by atoms with Gasteiger partial charge in [-0.3, -0.25) is 14.5 Å². The van der Waals surface area contributed by atoms with Crippen LogP contribution in [0.1, 0.15) is 26.3 Å². The topological polar surface area (TPSA) is 46.6 Å². The Balaban J connectivity index is 1.74. The van der Waals surface area contributed by atoms with Crippen molar-refractivity contribution >= 4 is 27.7 Å². The number of fused-ring (bicyclic) bond motifs is 1. The zero-order valence-electron chi connectivity index (χ0n) is 12.0. The Morgan fingerprint density at radius 2 is 1.68 bits per heavy atom. The number of nitrogens with zero attached hydrogens (tertiary/aromatic N) is 1. The van der Waals surface area contributed by atoms with Gasteiger partial charge in [0.1, 0.15) is 5.75 Å². The average molecular weight is 360 g/mol. The molecular weight excluding hydrogens is 346 g/mol. The second kappa shape index (κ2) is 5.93.